The number of fused-ring (bicyclic) bond motifs is 3. The molecular weight excluding hydrogens is 408 g/mol. The van der Waals surface area contributed by atoms with Crippen LogP contribution in [0.4, 0.5) is 20.4 Å². The molecule has 1 aromatic heterocycles. The van der Waals surface area contributed by atoms with E-state index >= 15 is 0 Å². The second-order valence-electron chi connectivity index (χ2n) is 7.53. The quantitative estimate of drug-likeness (QED) is 0.338. The third-order valence-corrected chi connectivity index (χ3v) is 5.43. The van der Waals surface area contributed by atoms with Crippen LogP contribution in [-0.4, -0.2) is 21.7 Å². The van der Waals surface area contributed by atoms with Crippen LogP contribution in [0.25, 0.3) is 32.8 Å². The topological polar surface area (TPSA) is 58.0 Å². The Hall–Kier alpha value is -3.90. The lowest BCUT2D eigenvalue weighted by Crippen LogP contribution is -1.98. The molecule has 0 saturated carbocycles. The van der Waals surface area contributed by atoms with E-state index in [-0.39, 0.29) is 6.61 Å². The normalized spacial score (nSPS) is 11.2. The first kappa shape index (κ1) is 20.0. The minimum absolute atomic E-state index is 0.111. The van der Waals surface area contributed by atoms with E-state index in [4.69, 9.17) is 10.1 Å². The van der Waals surface area contributed by atoms with Gasteiger partial charge in [-0.25, -0.2) is 18.7 Å². The maximum atomic E-state index is 13.9. The van der Waals surface area contributed by atoms with Gasteiger partial charge in [-0.15, -0.1) is 0 Å². The first-order valence-electron chi connectivity index (χ1n) is 10.2. The van der Waals surface area contributed by atoms with E-state index in [2.05, 4.69) is 10.3 Å². The monoisotopic (exact) mass is 427 g/mol. The summed E-state index contributed by atoms with van der Waals surface area (Å²) in [6, 6.07) is 21.3. The fourth-order valence-electron chi connectivity index (χ4n) is 3.85. The number of aromatic nitrogens is 2. The molecule has 158 valence electrons. The number of anilines is 2. The van der Waals surface area contributed by atoms with Gasteiger partial charge in [0.15, 0.2) is 11.6 Å². The average Bonchev–Trinajstić information content (AvgIpc) is 2.82. The largest absolute Gasteiger partial charge is 0.396 e. The van der Waals surface area contributed by atoms with Crippen molar-refractivity contribution in [2.24, 2.45) is 0 Å². The van der Waals surface area contributed by atoms with E-state index in [0.717, 1.165) is 44.6 Å². The molecule has 0 aliphatic carbocycles. The van der Waals surface area contributed by atoms with Crippen molar-refractivity contribution in [1.82, 2.24) is 9.97 Å². The third-order valence-electron chi connectivity index (χ3n) is 5.43. The fraction of sp³-hybridized carbons (Fsp3) is 0.0769. The summed E-state index contributed by atoms with van der Waals surface area (Å²) >= 11 is 0. The van der Waals surface area contributed by atoms with Crippen LogP contribution in [0.2, 0.25) is 0 Å². The number of hydrogen-bond donors (Lipinski definition) is 2. The Bertz CT molecular complexity index is 1440. The molecule has 1 heterocycles. The second-order valence-corrected chi connectivity index (χ2v) is 7.53. The van der Waals surface area contributed by atoms with Gasteiger partial charge in [-0.3, -0.25) is 0 Å². The standard InChI is InChI=1S/C26H19F2N3O/c27-23-10-7-17(14-24(23)28)22-13-18-15-29-26(30-19-8-5-16(6-9-19)11-12-32)31-25(18)21-4-2-1-3-20(21)22/h1-10,13-15,32H,11-12H2,(H,29,30,31). The summed E-state index contributed by atoms with van der Waals surface area (Å²) in [4.78, 5) is 9.17. The molecule has 0 aliphatic heterocycles. The van der Waals surface area contributed by atoms with E-state index in [1.54, 1.807) is 12.3 Å². The summed E-state index contributed by atoms with van der Waals surface area (Å²) < 4.78 is 27.3. The van der Waals surface area contributed by atoms with Crippen molar-refractivity contribution in [1.29, 1.82) is 0 Å². The lowest BCUT2D eigenvalue weighted by Gasteiger charge is -2.12. The molecule has 4 nitrogen and oxygen atoms in total. The summed E-state index contributed by atoms with van der Waals surface area (Å²) in [5.41, 5.74) is 4.03. The SMILES string of the molecule is OCCc1ccc(Nc2ncc3cc(-c4ccc(F)c(F)c4)c4ccccc4c3n2)cc1. The van der Waals surface area contributed by atoms with Crippen molar-refractivity contribution in [2.75, 3.05) is 11.9 Å². The maximum absolute atomic E-state index is 13.9. The van der Waals surface area contributed by atoms with Crippen LogP contribution in [0.3, 0.4) is 0 Å². The van der Waals surface area contributed by atoms with Crippen molar-refractivity contribution in [2.45, 2.75) is 6.42 Å². The number of aliphatic hydroxyl groups is 1. The molecule has 0 spiro atoms. The van der Waals surface area contributed by atoms with Crippen LogP contribution in [0.15, 0.2) is 79.0 Å². The minimum Gasteiger partial charge on any atom is -0.396 e. The molecule has 5 aromatic rings. The average molecular weight is 427 g/mol. The van der Waals surface area contributed by atoms with Crippen molar-refractivity contribution < 1.29 is 13.9 Å². The van der Waals surface area contributed by atoms with Gasteiger partial charge in [-0.1, -0.05) is 42.5 Å². The molecule has 5 rings (SSSR count). The highest BCUT2D eigenvalue weighted by molar-refractivity contribution is 6.12. The van der Waals surface area contributed by atoms with Crippen molar-refractivity contribution in [3.63, 3.8) is 0 Å². The Morgan fingerprint density at radius 3 is 2.38 bits per heavy atom. The Kier molecular flexibility index (Phi) is 5.21. The van der Waals surface area contributed by atoms with Crippen molar-refractivity contribution in [3.05, 3.63) is 96.2 Å². The third kappa shape index (κ3) is 3.76. The molecule has 6 heteroatoms. The predicted molar refractivity (Wildman–Crippen MR) is 123 cm³/mol. The van der Waals surface area contributed by atoms with Gasteiger partial charge in [0.05, 0.1) is 5.52 Å². The molecule has 0 amide bonds. The maximum Gasteiger partial charge on any atom is 0.227 e. The molecule has 0 aliphatic rings. The highest BCUT2D eigenvalue weighted by atomic mass is 19.2. The summed E-state index contributed by atoms with van der Waals surface area (Å²) in [6.45, 7) is 0.111. The summed E-state index contributed by atoms with van der Waals surface area (Å²) in [7, 11) is 0. The van der Waals surface area contributed by atoms with E-state index in [9.17, 15) is 8.78 Å². The molecule has 0 bridgehead atoms. The number of benzene rings is 4. The summed E-state index contributed by atoms with van der Waals surface area (Å²) in [6.07, 6.45) is 2.33. The van der Waals surface area contributed by atoms with Gasteiger partial charge in [-0.05, 0) is 58.8 Å². The number of halogens is 2. The van der Waals surface area contributed by atoms with Gasteiger partial charge in [0.25, 0.3) is 0 Å². The lowest BCUT2D eigenvalue weighted by molar-refractivity contribution is 0.299. The summed E-state index contributed by atoms with van der Waals surface area (Å²) in [5.74, 6) is -1.30. The lowest BCUT2D eigenvalue weighted by atomic mass is 9.96. The molecule has 0 radical (unpaired) electrons. The van der Waals surface area contributed by atoms with Gasteiger partial charge in [-0.2, -0.15) is 0 Å². The summed E-state index contributed by atoms with van der Waals surface area (Å²) in [5, 5.41) is 14.9. The zero-order chi connectivity index (χ0) is 22.1. The Balaban J connectivity index is 1.59. The van der Waals surface area contributed by atoms with E-state index < -0.39 is 11.6 Å². The van der Waals surface area contributed by atoms with E-state index in [1.165, 1.54) is 6.07 Å². The smallest absolute Gasteiger partial charge is 0.227 e. The van der Waals surface area contributed by atoms with E-state index in [0.29, 0.717) is 17.9 Å². The van der Waals surface area contributed by atoms with Crippen LogP contribution in [0, 0.1) is 11.6 Å². The molecule has 4 aromatic carbocycles. The van der Waals surface area contributed by atoms with E-state index in [1.807, 2.05) is 54.6 Å². The molecule has 0 saturated heterocycles. The zero-order valence-electron chi connectivity index (χ0n) is 17.0. The second kappa shape index (κ2) is 8.32. The van der Waals surface area contributed by atoms with Gasteiger partial charge < -0.3 is 10.4 Å². The van der Waals surface area contributed by atoms with Crippen molar-refractivity contribution >= 4 is 33.3 Å². The van der Waals surface area contributed by atoms with Crippen LogP contribution in [-0.2, 0) is 6.42 Å². The number of nitrogens with one attached hydrogen (secondary N) is 1. The first-order chi connectivity index (χ1) is 15.6. The predicted octanol–water partition coefficient (Wildman–Crippen LogP) is 6.01. The molecule has 2 N–H and O–H groups in total. The number of hydrogen-bond acceptors (Lipinski definition) is 4. The van der Waals surface area contributed by atoms with Crippen LogP contribution < -0.4 is 5.32 Å². The first-order valence-corrected chi connectivity index (χ1v) is 10.2. The molecule has 0 unspecified atom stereocenters. The minimum atomic E-state index is -0.882. The Labute approximate surface area is 183 Å². The molecule has 0 fully saturated rings. The van der Waals surface area contributed by atoms with Gasteiger partial charge >= 0.3 is 0 Å². The van der Waals surface area contributed by atoms with Crippen molar-refractivity contribution in [3.8, 4) is 11.1 Å². The van der Waals surface area contributed by atoms with Crippen LogP contribution in [0.1, 0.15) is 5.56 Å². The number of nitrogens with zero attached hydrogens (tertiary/aromatic N) is 2. The Morgan fingerprint density at radius 2 is 1.62 bits per heavy atom. The van der Waals surface area contributed by atoms with Gasteiger partial charge in [0, 0.05) is 29.3 Å². The van der Waals surface area contributed by atoms with Gasteiger partial charge in [0.1, 0.15) is 0 Å². The number of rotatable bonds is 5. The molecule has 32 heavy (non-hydrogen) atoms. The highest BCUT2D eigenvalue weighted by Crippen LogP contribution is 2.35. The molecular formula is C26H19F2N3O. The Morgan fingerprint density at radius 1 is 0.844 bits per heavy atom. The zero-order valence-corrected chi connectivity index (χ0v) is 17.0. The fourth-order valence-corrected chi connectivity index (χ4v) is 3.85. The highest BCUT2D eigenvalue weighted by Gasteiger charge is 2.12. The van der Waals surface area contributed by atoms with Crippen LogP contribution in [0.5, 0.6) is 0 Å². The van der Waals surface area contributed by atoms with Gasteiger partial charge in [0.2, 0.25) is 5.95 Å². The molecule has 0 atom stereocenters. The number of aliphatic hydroxyl groups excluding tert-OH is 1. The van der Waals surface area contributed by atoms with Crippen LogP contribution >= 0.6 is 0 Å².